The number of amides is 2. The van der Waals surface area contributed by atoms with Gasteiger partial charge < -0.3 is 15.0 Å². The second-order valence-corrected chi connectivity index (χ2v) is 6.22. The molecule has 2 amide bonds. The molecule has 0 fully saturated rings. The van der Waals surface area contributed by atoms with Crippen LogP contribution in [0, 0.1) is 6.92 Å². The van der Waals surface area contributed by atoms with Crippen molar-refractivity contribution in [3.8, 4) is 5.75 Å². The van der Waals surface area contributed by atoms with Crippen LogP contribution in [-0.4, -0.2) is 25.0 Å². The Labute approximate surface area is 147 Å². The molecule has 2 aromatic carbocycles. The van der Waals surface area contributed by atoms with Crippen molar-refractivity contribution in [1.82, 2.24) is 0 Å². The molecule has 2 aromatic rings. The predicted octanol–water partition coefficient (Wildman–Crippen LogP) is 3.31. The smallest absolute Gasteiger partial charge is 0.262 e. The maximum absolute atomic E-state index is 12.2. The first-order valence-electron chi connectivity index (χ1n) is 8.44. The monoisotopic (exact) mass is 338 g/mol. The van der Waals surface area contributed by atoms with Crippen LogP contribution in [0.15, 0.2) is 42.5 Å². The average Bonchev–Trinajstić information content (AvgIpc) is 2.60. The molecule has 0 aromatic heterocycles. The Balaban J connectivity index is 1.67. The minimum absolute atomic E-state index is 0.0207. The van der Waals surface area contributed by atoms with Gasteiger partial charge in [-0.3, -0.25) is 9.59 Å². The third-order valence-electron chi connectivity index (χ3n) is 4.32. The average molecular weight is 338 g/mol. The van der Waals surface area contributed by atoms with Crippen LogP contribution in [0.5, 0.6) is 5.75 Å². The minimum Gasteiger partial charge on any atom is -0.483 e. The van der Waals surface area contributed by atoms with E-state index >= 15 is 0 Å². The number of hydrogen-bond acceptors (Lipinski definition) is 3. The van der Waals surface area contributed by atoms with Crippen molar-refractivity contribution in [3.63, 3.8) is 0 Å². The van der Waals surface area contributed by atoms with E-state index in [2.05, 4.69) is 5.32 Å². The second-order valence-electron chi connectivity index (χ2n) is 6.22. The summed E-state index contributed by atoms with van der Waals surface area (Å²) in [6, 6.07) is 13.3. The lowest BCUT2D eigenvalue weighted by Crippen LogP contribution is -2.33. The van der Waals surface area contributed by atoms with Crippen molar-refractivity contribution in [3.05, 3.63) is 53.6 Å². The fourth-order valence-electron chi connectivity index (χ4n) is 3.04. The van der Waals surface area contributed by atoms with Gasteiger partial charge in [-0.1, -0.05) is 24.3 Å². The molecular weight excluding hydrogens is 316 g/mol. The van der Waals surface area contributed by atoms with E-state index in [1.54, 1.807) is 11.8 Å². The van der Waals surface area contributed by atoms with Gasteiger partial charge in [0, 0.05) is 24.8 Å². The Kier molecular flexibility index (Phi) is 5.03. The Bertz CT molecular complexity index is 801. The van der Waals surface area contributed by atoms with Gasteiger partial charge in [0.2, 0.25) is 5.91 Å². The molecule has 0 bridgehead atoms. The number of fused-ring (bicyclic) bond motifs is 1. The van der Waals surface area contributed by atoms with Crippen LogP contribution in [-0.2, 0) is 16.0 Å². The summed E-state index contributed by atoms with van der Waals surface area (Å²) in [4.78, 5) is 25.7. The third-order valence-corrected chi connectivity index (χ3v) is 4.32. The fraction of sp³-hybridized carbons (Fsp3) is 0.300. The van der Waals surface area contributed by atoms with Crippen molar-refractivity contribution in [1.29, 1.82) is 0 Å². The van der Waals surface area contributed by atoms with Gasteiger partial charge in [0.25, 0.3) is 5.91 Å². The summed E-state index contributed by atoms with van der Waals surface area (Å²) in [5.74, 6) is 0.492. The van der Waals surface area contributed by atoms with E-state index in [9.17, 15) is 9.59 Å². The van der Waals surface area contributed by atoms with Crippen molar-refractivity contribution in [2.45, 2.75) is 26.7 Å². The van der Waals surface area contributed by atoms with Gasteiger partial charge in [0.15, 0.2) is 6.61 Å². The molecule has 0 aliphatic carbocycles. The summed E-state index contributed by atoms with van der Waals surface area (Å²) >= 11 is 0. The summed E-state index contributed by atoms with van der Waals surface area (Å²) < 4.78 is 5.57. The van der Waals surface area contributed by atoms with E-state index in [0.29, 0.717) is 11.4 Å². The number of anilines is 2. The van der Waals surface area contributed by atoms with Crippen LogP contribution in [0.2, 0.25) is 0 Å². The number of para-hydroxylation sites is 1. The molecule has 0 atom stereocenters. The van der Waals surface area contributed by atoms with Crippen LogP contribution in [0.25, 0.3) is 0 Å². The number of nitrogens with one attached hydrogen (secondary N) is 1. The Morgan fingerprint density at radius 1 is 1.20 bits per heavy atom. The summed E-state index contributed by atoms with van der Waals surface area (Å²) in [6.07, 6.45) is 1.91. The van der Waals surface area contributed by atoms with Gasteiger partial charge in [0.1, 0.15) is 5.75 Å². The first kappa shape index (κ1) is 17.0. The molecule has 5 heteroatoms. The van der Waals surface area contributed by atoms with E-state index in [1.165, 1.54) is 0 Å². The molecule has 3 rings (SSSR count). The zero-order valence-corrected chi connectivity index (χ0v) is 14.5. The lowest BCUT2D eigenvalue weighted by molar-refractivity contribution is -0.118. The number of aryl methyl sites for hydroxylation is 2. The molecule has 130 valence electrons. The highest BCUT2D eigenvalue weighted by Crippen LogP contribution is 2.30. The maximum Gasteiger partial charge on any atom is 0.262 e. The lowest BCUT2D eigenvalue weighted by Gasteiger charge is -2.29. The van der Waals surface area contributed by atoms with Crippen molar-refractivity contribution < 1.29 is 14.3 Å². The predicted molar refractivity (Wildman–Crippen MR) is 98.1 cm³/mol. The molecule has 1 aliphatic rings. The number of rotatable bonds is 4. The van der Waals surface area contributed by atoms with Crippen molar-refractivity contribution >= 4 is 23.2 Å². The van der Waals surface area contributed by atoms with Crippen molar-refractivity contribution in [2.24, 2.45) is 0 Å². The second kappa shape index (κ2) is 7.38. The first-order chi connectivity index (χ1) is 12.0. The molecule has 25 heavy (non-hydrogen) atoms. The van der Waals surface area contributed by atoms with Crippen LogP contribution in [0.3, 0.4) is 0 Å². The number of hydrogen-bond donors (Lipinski definition) is 1. The number of benzene rings is 2. The van der Waals surface area contributed by atoms with Gasteiger partial charge in [-0.05, 0) is 49.1 Å². The molecule has 0 saturated heterocycles. The topological polar surface area (TPSA) is 58.6 Å². The normalized spacial score (nSPS) is 13.1. The molecule has 0 radical (unpaired) electrons. The summed E-state index contributed by atoms with van der Waals surface area (Å²) in [7, 11) is 0. The zero-order valence-electron chi connectivity index (χ0n) is 14.5. The van der Waals surface area contributed by atoms with Crippen molar-refractivity contribution in [2.75, 3.05) is 23.4 Å². The van der Waals surface area contributed by atoms with Crippen LogP contribution < -0.4 is 15.0 Å². The SMILES string of the molecule is CC(=O)N1CCCc2ccc(NC(=O)COc3ccccc3C)cc21. The molecule has 5 nitrogen and oxygen atoms in total. The fourth-order valence-corrected chi connectivity index (χ4v) is 3.04. The van der Waals surface area contributed by atoms with E-state index in [0.717, 1.165) is 36.2 Å². The first-order valence-corrected chi connectivity index (χ1v) is 8.44. The summed E-state index contributed by atoms with van der Waals surface area (Å²) in [5, 5.41) is 2.84. The molecule has 0 spiro atoms. The lowest BCUT2D eigenvalue weighted by atomic mass is 10.0. The van der Waals surface area contributed by atoms with Gasteiger partial charge in [-0.25, -0.2) is 0 Å². The van der Waals surface area contributed by atoms with Gasteiger partial charge in [-0.2, -0.15) is 0 Å². The standard InChI is InChI=1S/C20H22N2O3/c1-14-6-3-4-8-19(14)25-13-20(24)21-17-10-9-16-7-5-11-22(15(2)23)18(16)12-17/h3-4,6,8-10,12H,5,7,11,13H2,1-2H3,(H,21,24). The van der Waals surface area contributed by atoms with E-state index in [-0.39, 0.29) is 18.4 Å². The Morgan fingerprint density at radius 3 is 2.76 bits per heavy atom. The Hall–Kier alpha value is -2.82. The molecule has 1 N–H and O–H groups in total. The highest BCUT2D eigenvalue weighted by Gasteiger charge is 2.20. The highest BCUT2D eigenvalue weighted by atomic mass is 16.5. The molecule has 0 unspecified atom stereocenters. The van der Waals surface area contributed by atoms with Crippen LogP contribution in [0.4, 0.5) is 11.4 Å². The number of ether oxygens (including phenoxy) is 1. The van der Waals surface area contributed by atoms with Gasteiger partial charge in [0.05, 0.1) is 0 Å². The maximum atomic E-state index is 12.2. The van der Waals surface area contributed by atoms with E-state index in [4.69, 9.17) is 4.74 Å². The van der Waals surface area contributed by atoms with Gasteiger partial charge >= 0.3 is 0 Å². The summed E-state index contributed by atoms with van der Waals surface area (Å²) in [5.41, 5.74) is 3.68. The minimum atomic E-state index is -0.228. The number of carbonyl (C=O) groups excluding carboxylic acids is 2. The molecule has 1 heterocycles. The summed E-state index contributed by atoms with van der Waals surface area (Å²) in [6.45, 7) is 4.16. The van der Waals surface area contributed by atoms with Gasteiger partial charge in [-0.15, -0.1) is 0 Å². The quantitative estimate of drug-likeness (QED) is 0.930. The molecule has 0 saturated carbocycles. The van der Waals surface area contributed by atoms with E-state index in [1.807, 2.05) is 49.4 Å². The molecular formula is C20H22N2O3. The van der Waals surface area contributed by atoms with E-state index < -0.39 is 0 Å². The van der Waals surface area contributed by atoms with Crippen LogP contribution in [0.1, 0.15) is 24.5 Å². The Morgan fingerprint density at radius 2 is 2.00 bits per heavy atom. The number of nitrogens with zero attached hydrogens (tertiary/aromatic N) is 1. The zero-order chi connectivity index (χ0) is 17.8. The number of carbonyl (C=O) groups is 2. The van der Waals surface area contributed by atoms with Crippen LogP contribution >= 0.6 is 0 Å². The third kappa shape index (κ3) is 3.99. The molecule has 1 aliphatic heterocycles. The highest BCUT2D eigenvalue weighted by molar-refractivity contribution is 5.96. The largest absolute Gasteiger partial charge is 0.483 e.